The molecule has 1 aromatic carbocycles. The number of nitrogens with one attached hydrogen (secondary N) is 1. The second kappa shape index (κ2) is 9.15. The SMILES string of the molecule is CC(CNC(=O)C(Cc1ccccn1)c1ccc(Cl)cc1)N1CCCC1. The van der Waals surface area contributed by atoms with Crippen molar-refractivity contribution in [2.45, 2.75) is 38.1 Å². The van der Waals surface area contributed by atoms with Gasteiger partial charge in [-0.3, -0.25) is 14.7 Å². The van der Waals surface area contributed by atoms with Crippen LogP contribution in [0.3, 0.4) is 0 Å². The Balaban J connectivity index is 1.69. The van der Waals surface area contributed by atoms with Crippen LogP contribution < -0.4 is 5.32 Å². The van der Waals surface area contributed by atoms with Gasteiger partial charge in [-0.15, -0.1) is 0 Å². The fourth-order valence-electron chi connectivity index (χ4n) is 3.47. The highest BCUT2D eigenvalue weighted by Crippen LogP contribution is 2.22. The molecule has 5 heteroatoms. The Labute approximate surface area is 160 Å². The van der Waals surface area contributed by atoms with Crippen LogP contribution in [-0.2, 0) is 11.2 Å². The highest BCUT2D eigenvalue weighted by molar-refractivity contribution is 6.30. The quantitative estimate of drug-likeness (QED) is 0.807. The summed E-state index contributed by atoms with van der Waals surface area (Å²) in [5.41, 5.74) is 1.88. The van der Waals surface area contributed by atoms with Gasteiger partial charge in [0.1, 0.15) is 0 Å². The van der Waals surface area contributed by atoms with Gasteiger partial charge in [0.2, 0.25) is 5.91 Å². The number of hydrogen-bond donors (Lipinski definition) is 1. The molecule has 0 aliphatic carbocycles. The molecule has 1 fully saturated rings. The molecule has 0 bridgehead atoms. The fraction of sp³-hybridized carbons (Fsp3) is 0.429. The zero-order valence-electron chi connectivity index (χ0n) is 15.2. The zero-order valence-corrected chi connectivity index (χ0v) is 16.0. The van der Waals surface area contributed by atoms with Crippen molar-refractivity contribution in [2.75, 3.05) is 19.6 Å². The molecule has 1 aliphatic rings. The average Bonchev–Trinajstić information content (AvgIpc) is 3.20. The van der Waals surface area contributed by atoms with Crippen LogP contribution in [0.15, 0.2) is 48.7 Å². The molecule has 1 N–H and O–H groups in total. The van der Waals surface area contributed by atoms with Gasteiger partial charge in [0, 0.05) is 35.9 Å². The van der Waals surface area contributed by atoms with E-state index < -0.39 is 0 Å². The minimum atomic E-state index is -0.270. The number of carbonyl (C=O) groups excluding carboxylic acids is 1. The minimum absolute atomic E-state index is 0.0454. The van der Waals surface area contributed by atoms with Crippen LogP contribution in [0.2, 0.25) is 5.02 Å². The smallest absolute Gasteiger partial charge is 0.227 e. The van der Waals surface area contributed by atoms with E-state index in [0.717, 1.165) is 24.3 Å². The maximum absolute atomic E-state index is 13.0. The van der Waals surface area contributed by atoms with Crippen LogP contribution in [0.4, 0.5) is 0 Å². The molecule has 2 aromatic rings. The van der Waals surface area contributed by atoms with Crippen LogP contribution >= 0.6 is 11.6 Å². The summed E-state index contributed by atoms with van der Waals surface area (Å²) in [6, 6.07) is 13.7. The van der Waals surface area contributed by atoms with Crippen molar-refractivity contribution >= 4 is 17.5 Å². The second-order valence-electron chi connectivity index (χ2n) is 6.97. The normalized spacial score (nSPS) is 17.0. The summed E-state index contributed by atoms with van der Waals surface area (Å²) in [7, 11) is 0. The monoisotopic (exact) mass is 371 g/mol. The molecule has 1 saturated heterocycles. The highest BCUT2D eigenvalue weighted by atomic mass is 35.5. The topological polar surface area (TPSA) is 45.2 Å². The van der Waals surface area contributed by atoms with Gasteiger partial charge in [-0.05, 0) is 62.7 Å². The first kappa shape index (κ1) is 18.9. The third-order valence-electron chi connectivity index (χ3n) is 5.06. The first-order valence-electron chi connectivity index (χ1n) is 9.30. The van der Waals surface area contributed by atoms with Crippen LogP contribution in [0.5, 0.6) is 0 Å². The number of halogens is 1. The minimum Gasteiger partial charge on any atom is -0.354 e. The number of nitrogens with zero attached hydrogens (tertiary/aromatic N) is 2. The maximum Gasteiger partial charge on any atom is 0.227 e. The Morgan fingerprint density at radius 2 is 1.92 bits per heavy atom. The van der Waals surface area contributed by atoms with E-state index in [0.29, 0.717) is 24.0 Å². The molecule has 0 spiro atoms. The summed E-state index contributed by atoms with van der Waals surface area (Å²) < 4.78 is 0. The van der Waals surface area contributed by atoms with E-state index in [1.165, 1.54) is 12.8 Å². The highest BCUT2D eigenvalue weighted by Gasteiger charge is 2.24. The molecule has 1 amide bonds. The van der Waals surface area contributed by atoms with Gasteiger partial charge in [-0.25, -0.2) is 0 Å². The van der Waals surface area contributed by atoms with Gasteiger partial charge in [-0.1, -0.05) is 29.8 Å². The summed E-state index contributed by atoms with van der Waals surface area (Å²) in [5.74, 6) is -0.225. The third kappa shape index (κ3) is 5.05. The van der Waals surface area contributed by atoms with Gasteiger partial charge in [0.25, 0.3) is 0 Å². The Bertz CT molecular complexity index is 699. The van der Waals surface area contributed by atoms with Gasteiger partial charge in [0.15, 0.2) is 0 Å². The molecule has 3 rings (SSSR count). The zero-order chi connectivity index (χ0) is 18.4. The molecular formula is C21H26ClN3O. The Morgan fingerprint density at radius 3 is 2.58 bits per heavy atom. The van der Waals surface area contributed by atoms with Gasteiger partial charge < -0.3 is 5.32 Å². The van der Waals surface area contributed by atoms with E-state index in [1.807, 2.05) is 42.5 Å². The molecule has 138 valence electrons. The summed E-state index contributed by atoms with van der Waals surface area (Å²) in [6.07, 6.45) is 4.85. The molecule has 2 atom stereocenters. The number of rotatable bonds is 7. The van der Waals surface area contributed by atoms with Crippen molar-refractivity contribution in [3.63, 3.8) is 0 Å². The predicted molar refractivity (Wildman–Crippen MR) is 105 cm³/mol. The lowest BCUT2D eigenvalue weighted by Crippen LogP contribution is -2.42. The van der Waals surface area contributed by atoms with Crippen LogP contribution in [0.25, 0.3) is 0 Å². The van der Waals surface area contributed by atoms with E-state index in [-0.39, 0.29) is 11.8 Å². The first-order chi connectivity index (χ1) is 12.6. The van der Waals surface area contributed by atoms with E-state index in [1.54, 1.807) is 6.20 Å². The van der Waals surface area contributed by atoms with E-state index in [2.05, 4.69) is 22.1 Å². The van der Waals surface area contributed by atoms with Crippen LogP contribution in [0, 0.1) is 0 Å². The number of hydrogen-bond acceptors (Lipinski definition) is 3. The summed E-state index contributed by atoms with van der Waals surface area (Å²) in [5, 5.41) is 3.83. The Hall–Kier alpha value is -1.91. The lowest BCUT2D eigenvalue weighted by atomic mass is 9.93. The van der Waals surface area contributed by atoms with Crippen LogP contribution in [-0.4, -0.2) is 41.5 Å². The van der Waals surface area contributed by atoms with Crippen molar-refractivity contribution in [1.29, 1.82) is 0 Å². The molecule has 1 aromatic heterocycles. The Kier molecular flexibility index (Phi) is 6.64. The van der Waals surface area contributed by atoms with Crippen LogP contribution in [0.1, 0.15) is 36.9 Å². The molecule has 2 unspecified atom stereocenters. The largest absolute Gasteiger partial charge is 0.354 e. The fourth-order valence-corrected chi connectivity index (χ4v) is 3.59. The van der Waals surface area contributed by atoms with Crippen molar-refractivity contribution < 1.29 is 4.79 Å². The van der Waals surface area contributed by atoms with E-state index in [9.17, 15) is 4.79 Å². The lowest BCUT2D eigenvalue weighted by Gasteiger charge is -2.25. The molecule has 2 heterocycles. The number of likely N-dealkylation sites (tertiary alicyclic amines) is 1. The number of pyridine rings is 1. The van der Waals surface area contributed by atoms with E-state index in [4.69, 9.17) is 11.6 Å². The number of amides is 1. The average molecular weight is 372 g/mol. The summed E-state index contributed by atoms with van der Waals surface area (Å²) in [6.45, 7) is 5.12. The molecule has 0 radical (unpaired) electrons. The Morgan fingerprint density at radius 1 is 1.19 bits per heavy atom. The van der Waals surface area contributed by atoms with Gasteiger partial charge in [-0.2, -0.15) is 0 Å². The number of benzene rings is 1. The van der Waals surface area contributed by atoms with Gasteiger partial charge in [0.05, 0.1) is 5.92 Å². The van der Waals surface area contributed by atoms with Crippen molar-refractivity contribution in [3.05, 3.63) is 64.9 Å². The molecule has 0 saturated carbocycles. The molecule has 1 aliphatic heterocycles. The van der Waals surface area contributed by atoms with Crippen molar-refractivity contribution in [3.8, 4) is 0 Å². The summed E-state index contributed by atoms with van der Waals surface area (Å²) >= 11 is 6.01. The number of aromatic nitrogens is 1. The number of carbonyl (C=O) groups is 1. The molecule has 4 nitrogen and oxygen atoms in total. The standard InChI is InChI=1S/C21H26ClN3O/c1-16(25-12-4-5-13-25)15-24-21(26)20(14-19-6-2-3-11-23-19)17-7-9-18(22)10-8-17/h2-3,6-11,16,20H,4-5,12-15H2,1H3,(H,24,26). The van der Waals surface area contributed by atoms with Crippen molar-refractivity contribution in [1.82, 2.24) is 15.2 Å². The van der Waals surface area contributed by atoms with Crippen molar-refractivity contribution in [2.24, 2.45) is 0 Å². The summed E-state index contributed by atoms with van der Waals surface area (Å²) in [4.78, 5) is 19.8. The maximum atomic E-state index is 13.0. The second-order valence-corrected chi connectivity index (χ2v) is 7.40. The lowest BCUT2D eigenvalue weighted by molar-refractivity contribution is -0.122. The predicted octanol–water partition coefficient (Wildman–Crippen LogP) is 3.66. The first-order valence-corrected chi connectivity index (χ1v) is 9.68. The molecular weight excluding hydrogens is 346 g/mol. The molecule has 26 heavy (non-hydrogen) atoms. The van der Waals surface area contributed by atoms with Gasteiger partial charge >= 0.3 is 0 Å². The van der Waals surface area contributed by atoms with E-state index >= 15 is 0 Å². The third-order valence-corrected chi connectivity index (χ3v) is 5.32.